The van der Waals surface area contributed by atoms with Crippen LogP contribution in [0.2, 0.25) is 0 Å². The molecule has 0 atom stereocenters. The first-order chi connectivity index (χ1) is 5.67. The van der Waals surface area contributed by atoms with E-state index in [0.29, 0.717) is 12.8 Å². The molecule has 0 unspecified atom stereocenters. The van der Waals surface area contributed by atoms with E-state index in [0.717, 1.165) is 0 Å². The number of hydrogen-bond donors (Lipinski definition) is 2. The fourth-order valence-electron chi connectivity index (χ4n) is 1.38. The fraction of sp³-hybridized carbons (Fsp3) is 0.857. The van der Waals surface area contributed by atoms with Crippen LogP contribution in [0.15, 0.2) is 0 Å². The van der Waals surface area contributed by atoms with E-state index >= 15 is 0 Å². The Balaban J connectivity index is 2.40. The van der Waals surface area contributed by atoms with Gasteiger partial charge < -0.3 is 9.47 Å². The van der Waals surface area contributed by atoms with Crippen molar-refractivity contribution in [3.63, 3.8) is 0 Å². The van der Waals surface area contributed by atoms with Crippen LogP contribution in [0.5, 0.6) is 0 Å². The third-order valence-electron chi connectivity index (χ3n) is 2.34. The van der Waals surface area contributed by atoms with E-state index in [1.165, 1.54) is 14.2 Å². The second kappa shape index (κ2) is 3.38. The Labute approximate surface area is 70.6 Å². The molecule has 0 aromatic heterocycles. The maximum atomic E-state index is 10.8. The van der Waals surface area contributed by atoms with Crippen LogP contribution in [-0.4, -0.2) is 31.1 Å². The van der Waals surface area contributed by atoms with Gasteiger partial charge in [-0.15, -0.1) is 0 Å². The average molecular weight is 175 g/mol. The highest BCUT2D eigenvalue weighted by atomic mass is 16.7. The molecule has 5 nitrogen and oxygen atoms in total. The quantitative estimate of drug-likeness (QED) is 0.357. The Morgan fingerprint density at radius 2 is 2.00 bits per heavy atom. The van der Waals surface area contributed by atoms with E-state index in [9.17, 15) is 4.79 Å². The predicted octanol–water partition coefficient (Wildman–Crippen LogP) is -0.109. The molecule has 1 aliphatic rings. The smallest absolute Gasteiger partial charge is 0.246 e. The molecule has 12 heavy (non-hydrogen) atoms. The summed E-state index contributed by atoms with van der Waals surface area (Å²) in [6.07, 6.45) is 0.985. The average Bonchev–Trinajstić information content (AvgIpc) is 2.04. The summed E-state index contributed by atoms with van der Waals surface area (Å²) in [4.78, 5) is 10.8. The molecule has 0 heterocycles. The minimum absolute atomic E-state index is 0.199. The van der Waals surface area contributed by atoms with Crippen molar-refractivity contribution >= 4 is 5.91 Å². The topological polar surface area (TPSA) is 67.8 Å². The van der Waals surface area contributed by atoms with Gasteiger partial charge in [0, 0.05) is 27.1 Å². The molecule has 0 saturated heterocycles. The summed E-state index contributed by atoms with van der Waals surface area (Å²) in [7, 11) is 3.08. The summed E-state index contributed by atoms with van der Waals surface area (Å²) in [6, 6.07) is 0. The van der Waals surface area contributed by atoms with Crippen LogP contribution in [0.1, 0.15) is 12.8 Å². The second-order valence-electron chi connectivity index (χ2n) is 2.90. The lowest BCUT2D eigenvalue weighted by Crippen LogP contribution is -2.52. The maximum Gasteiger partial charge on any atom is 0.246 e. The van der Waals surface area contributed by atoms with E-state index < -0.39 is 5.79 Å². The van der Waals surface area contributed by atoms with E-state index in [2.05, 4.69) is 0 Å². The zero-order valence-electron chi connectivity index (χ0n) is 7.16. The predicted molar refractivity (Wildman–Crippen MR) is 39.4 cm³/mol. The van der Waals surface area contributed by atoms with Crippen molar-refractivity contribution in [2.24, 2.45) is 5.92 Å². The summed E-state index contributed by atoms with van der Waals surface area (Å²) >= 11 is 0. The molecule has 0 aromatic carbocycles. The van der Waals surface area contributed by atoms with E-state index in [1.807, 2.05) is 0 Å². The van der Waals surface area contributed by atoms with E-state index in [1.54, 1.807) is 5.48 Å². The van der Waals surface area contributed by atoms with Gasteiger partial charge in [-0.3, -0.25) is 10.0 Å². The molecule has 0 aliphatic heterocycles. The van der Waals surface area contributed by atoms with Gasteiger partial charge in [-0.25, -0.2) is 5.48 Å². The first-order valence-corrected chi connectivity index (χ1v) is 3.71. The van der Waals surface area contributed by atoms with Gasteiger partial charge in [0.05, 0.1) is 5.92 Å². The van der Waals surface area contributed by atoms with E-state index in [4.69, 9.17) is 14.7 Å². The summed E-state index contributed by atoms with van der Waals surface area (Å²) in [6.45, 7) is 0. The number of hydroxylamine groups is 1. The molecule has 5 heteroatoms. The third kappa shape index (κ3) is 1.43. The lowest BCUT2D eigenvalue weighted by atomic mass is 9.78. The number of carbonyl (C=O) groups is 1. The lowest BCUT2D eigenvalue weighted by Gasteiger charge is -2.43. The largest absolute Gasteiger partial charge is 0.353 e. The molecule has 1 rings (SSSR count). The molecule has 2 N–H and O–H groups in total. The van der Waals surface area contributed by atoms with Crippen molar-refractivity contribution in [2.75, 3.05) is 14.2 Å². The normalized spacial score (nSPS) is 21.6. The number of methoxy groups -OCH3 is 2. The van der Waals surface area contributed by atoms with Gasteiger partial charge in [0.15, 0.2) is 5.79 Å². The molecule has 0 aromatic rings. The lowest BCUT2D eigenvalue weighted by molar-refractivity contribution is -0.267. The summed E-state index contributed by atoms with van der Waals surface area (Å²) in [5.41, 5.74) is 1.60. The summed E-state index contributed by atoms with van der Waals surface area (Å²) in [5, 5.41) is 8.30. The highest BCUT2D eigenvalue weighted by Gasteiger charge is 2.48. The van der Waals surface area contributed by atoms with Crippen molar-refractivity contribution in [1.29, 1.82) is 0 Å². The van der Waals surface area contributed by atoms with E-state index in [-0.39, 0.29) is 11.8 Å². The molecule has 1 aliphatic carbocycles. The molecule has 0 radical (unpaired) electrons. The van der Waals surface area contributed by atoms with Crippen LogP contribution in [0.25, 0.3) is 0 Å². The van der Waals surface area contributed by atoms with Gasteiger partial charge in [0.2, 0.25) is 5.91 Å². The van der Waals surface area contributed by atoms with Gasteiger partial charge in [-0.2, -0.15) is 0 Å². The standard InChI is InChI=1S/C7H13NO4/c1-11-7(12-2)3-5(4-7)6(9)8-10/h5,10H,3-4H2,1-2H3,(H,8,9). The zero-order valence-corrected chi connectivity index (χ0v) is 7.16. The number of carbonyl (C=O) groups excluding carboxylic acids is 1. The van der Waals surface area contributed by atoms with Crippen LogP contribution in [0, 0.1) is 5.92 Å². The molecule has 1 saturated carbocycles. The Hall–Kier alpha value is -0.650. The van der Waals surface area contributed by atoms with Crippen molar-refractivity contribution in [3.8, 4) is 0 Å². The van der Waals surface area contributed by atoms with Gasteiger partial charge in [-0.1, -0.05) is 0 Å². The number of hydrogen-bond acceptors (Lipinski definition) is 4. The monoisotopic (exact) mass is 175 g/mol. The van der Waals surface area contributed by atoms with Crippen molar-refractivity contribution in [1.82, 2.24) is 5.48 Å². The summed E-state index contributed by atoms with van der Waals surface area (Å²) < 4.78 is 10.1. The van der Waals surface area contributed by atoms with Crippen molar-refractivity contribution < 1.29 is 19.5 Å². The third-order valence-corrected chi connectivity index (χ3v) is 2.34. The Kier molecular flexibility index (Phi) is 2.66. The van der Waals surface area contributed by atoms with Gasteiger partial charge in [0.1, 0.15) is 0 Å². The first kappa shape index (κ1) is 9.44. The molecule has 1 fully saturated rings. The van der Waals surface area contributed by atoms with Crippen molar-refractivity contribution in [2.45, 2.75) is 18.6 Å². The Bertz CT molecular complexity index is 170. The Morgan fingerprint density at radius 3 is 2.33 bits per heavy atom. The van der Waals surface area contributed by atoms with Gasteiger partial charge in [0.25, 0.3) is 0 Å². The number of amides is 1. The maximum absolute atomic E-state index is 10.8. The molecule has 70 valence electrons. The SMILES string of the molecule is COC1(OC)CC(C(=O)NO)C1. The van der Waals surface area contributed by atoms with Crippen LogP contribution < -0.4 is 5.48 Å². The van der Waals surface area contributed by atoms with Crippen molar-refractivity contribution in [3.05, 3.63) is 0 Å². The van der Waals surface area contributed by atoms with Crippen LogP contribution in [-0.2, 0) is 14.3 Å². The fourth-order valence-corrected chi connectivity index (χ4v) is 1.38. The number of rotatable bonds is 3. The molecule has 0 bridgehead atoms. The van der Waals surface area contributed by atoms with Crippen LogP contribution >= 0.6 is 0 Å². The van der Waals surface area contributed by atoms with Gasteiger partial charge in [-0.05, 0) is 0 Å². The highest BCUT2D eigenvalue weighted by Crippen LogP contribution is 2.40. The number of nitrogens with one attached hydrogen (secondary N) is 1. The van der Waals surface area contributed by atoms with Gasteiger partial charge >= 0.3 is 0 Å². The Morgan fingerprint density at radius 1 is 1.50 bits per heavy atom. The summed E-state index contributed by atoms with van der Waals surface area (Å²) in [5.74, 6) is -1.19. The minimum Gasteiger partial charge on any atom is -0.353 e. The minimum atomic E-state index is -0.614. The molecule has 1 amide bonds. The van der Waals surface area contributed by atoms with Crippen LogP contribution in [0.4, 0.5) is 0 Å². The highest BCUT2D eigenvalue weighted by molar-refractivity contribution is 5.78. The molecular weight excluding hydrogens is 162 g/mol. The zero-order chi connectivity index (χ0) is 9.19. The second-order valence-corrected chi connectivity index (χ2v) is 2.90. The molecule has 0 spiro atoms. The number of ether oxygens (including phenoxy) is 2. The molecular formula is C7H13NO4. The van der Waals surface area contributed by atoms with Crippen LogP contribution in [0.3, 0.4) is 0 Å². The first-order valence-electron chi connectivity index (χ1n) is 3.71.